The van der Waals surface area contributed by atoms with E-state index in [0.29, 0.717) is 19.8 Å². The molecule has 20 heavy (non-hydrogen) atoms. The minimum atomic E-state index is -2.84. The summed E-state index contributed by atoms with van der Waals surface area (Å²) < 4.78 is 33.3. The first-order chi connectivity index (χ1) is 9.47. The van der Waals surface area contributed by atoms with Crippen LogP contribution < -0.4 is 10.1 Å². The summed E-state index contributed by atoms with van der Waals surface area (Å²) >= 11 is 0. The van der Waals surface area contributed by atoms with E-state index in [-0.39, 0.29) is 23.5 Å². The van der Waals surface area contributed by atoms with Crippen molar-refractivity contribution < 1.29 is 23.0 Å². The van der Waals surface area contributed by atoms with Gasteiger partial charge in [0.25, 0.3) is 0 Å². The lowest BCUT2D eigenvalue weighted by molar-refractivity contribution is -0.126. The van der Waals surface area contributed by atoms with Gasteiger partial charge in [-0.3, -0.25) is 4.79 Å². The second-order valence-corrected chi connectivity index (χ2v) is 5.28. The van der Waals surface area contributed by atoms with Gasteiger partial charge in [-0.1, -0.05) is 19.1 Å². The van der Waals surface area contributed by atoms with Crippen LogP contribution in [0.4, 0.5) is 8.78 Å². The molecule has 110 valence electrons. The fourth-order valence-electron chi connectivity index (χ4n) is 1.90. The van der Waals surface area contributed by atoms with Crippen LogP contribution in [0.25, 0.3) is 0 Å². The van der Waals surface area contributed by atoms with Crippen molar-refractivity contribution >= 4 is 5.91 Å². The Labute approximate surface area is 116 Å². The second-order valence-electron chi connectivity index (χ2n) is 5.28. The minimum Gasteiger partial charge on any atom is -0.435 e. The number of nitrogens with one attached hydrogen (secondary N) is 1. The number of carbonyl (C=O) groups is 1. The van der Waals surface area contributed by atoms with Gasteiger partial charge < -0.3 is 14.8 Å². The number of alkyl halides is 2. The number of ether oxygens (including phenoxy) is 2. The van der Waals surface area contributed by atoms with Crippen LogP contribution in [0.2, 0.25) is 0 Å². The van der Waals surface area contributed by atoms with E-state index >= 15 is 0 Å². The first-order valence-electron chi connectivity index (χ1n) is 6.35. The highest BCUT2D eigenvalue weighted by Crippen LogP contribution is 2.25. The van der Waals surface area contributed by atoms with Crippen LogP contribution in [-0.2, 0) is 16.0 Å². The molecule has 0 bridgehead atoms. The Bertz CT molecular complexity index is 458. The highest BCUT2D eigenvalue weighted by Gasteiger charge is 2.33. The summed E-state index contributed by atoms with van der Waals surface area (Å²) in [6, 6.07) is 6.06. The average Bonchev–Trinajstić information content (AvgIpc) is 2.36. The van der Waals surface area contributed by atoms with Crippen LogP contribution in [0.5, 0.6) is 5.75 Å². The molecule has 0 aromatic heterocycles. The van der Waals surface area contributed by atoms with Gasteiger partial charge >= 0.3 is 6.61 Å². The van der Waals surface area contributed by atoms with E-state index in [9.17, 15) is 13.6 Å². The van der Waals surface area contributed by atoms with E-state index in [1.165, 1.54) is 12.1 Å². The van der Waals surface area contributed by atoms with Crippen LogP contribution in [0.15, 0.2) is 24.3 Å². The molecule has 0 spiro atoms. The molecule has 0 atom stereocenters. The topological polar surface area (TPSA) is 47.6 Å². The second kappa shape index (κ2) is 6.17. The van der Waals surface area contributed by atoms with Gasteiger partial charge in [0.15, 0.2) is 0 Å². The molecule has 2 rings (SSSR count). The third-order valence-electron chi connectivity index (χ3n) is 3.13. The molecule has 1 aliphatic rings. The SMILES string of the molecule is CC1(CNC(=O)Cc2ccc(OC(F)F)cc2)COC1. The molecule has 1 aliphatic heterocycles. The standard InChI is InChI=1S/C14H17F2NO3/c1-14(8-19-9-14)7-17-12(18)6-10-2-4-11(5-3-10)20-13(15)16/h2-5,13H,6-9H2,1H3,(H,17,18). The Morgan fingerprint density at radius 3 is 2.55 bits per heavy atom. The highest BCUT2D eigenvalue weighted by atomic mass is 19.3. The lowest BCUT2D eigenvalue weighted by Gasteiger charge is -2.38. The molecule has 1 amide bonds. The molecule has 0 aliphatic carbocycles. The Balaban J connectivity index is 1.78. The van der Waals surface area contributed by atoms with Crippen LogP contribution in [0.3, 0.4) is 0 Å². The summed E-state index contributed by atoms with van der Waals surface area (Å²) in [5.74, 6) is -0.0102. The first-order valence-corrected chi connectivity index (χ1v) is 6.35. The molecular formula is C14H17F2NO3. The monoisotopic (exact) mass is 285 g/mol. The summed E-state index contributed by atoms with van der Waals surface area (Å²) in [6.45, 7) is 1.11. The number of rotatable bonds is 6. The molecule has 1 saturated heterocycles. The van der Waals surface area contributed by atoms with Gasteiger partial charge in [-0.2, -0.15) is 8.78 Å². The molecule has 0 unspecified atom stereocenters. The molecule has 4 nitrogen and oxygen atoms in total. The largest absolute Gasteiger partial charge is 0.435 e. The fraction of sp³-hybridized carbons (Fsp3) is 0.500. The Kier molecular flexibility index (Phi) is 4.54. The smallest absolute Gasteiger partial charge is 0.387 e. The lowest BCUT2D eigenvalue weighted by Crippen LogP contribution is -2.48. The van der Waals surface area contributed by atoms with Crippen molar-refractivity contribution in [3.8, 4) is 5.75 Å². The summed E-state index contributed by atoms with van der Waals surface area (Å²) in [7, 11) is 0. The predicted octanol–water partition coefficient (Wildman–Crippen LogP) is 1.98. The van der Waals surface area contributed by atoms with Crippen molar-refractivity contribution in [3.63, 3.8) is 0 Å². The molecule has 6 heteroatoms. The summed E-state index contributed by atoms with van der Waals surface area (Å²) in [6.07, 6.45) is 0.214. The Morgan fingerprint density at radius 1 is 1.40 bits per heavy atom. The maximum atomic E-state index is 12.0. The molecule has 1 aromatic carbocycles. The Hall–Kier alpha value is -1.69. The van der Waals surface area contributed by atoms with E-state index in [2.05, 4.69) is 10.1 Å². The summed E-state index contributed by atoms with van der Waals surface area (Å²) in [5, 5.41) is 2.85. The Morgan fingerprint density at radius 2 is 2.05 bits per heavy atom. The van der Waals surface area contributed by atoms with Crippen molar-refractivity contribution in [2.75, 3.05) is 19.8 Å². The highest BCUT2D eigenvalue weighted by molar-refractivity contribution is 5.78. The van der Waals surface area contributed by atoms with Gasteiger partial charge in [-0.05, 0) is 17.7 Å². The number of hydrogen-bond donors (Lipinski definition) is 1. The summed E-state index contributed by atoms with van der Waals surface area (Å²) in [4.78, 5) is 11.8. The zero-order chi connectivity index (χ0) is 14.6. The fourth-order valence-corrected chi connectivity index (χ4v) is 1.90. The molecule has 1 N–H and O–H groups in total. The average molecular weight is 285 g/mol. The van der Waals surface area contributed by atoms with Crippen molar-refractivity contribution in [2.45, 2.75) is 20.0 Å². The van der Waals surface area contributed by atoms with E-state index in [1.807, 2.05) is 6.92 Å². The van der Waals surface area contributed by atoms with Gasteiger partial charge in [-0.15, -0.1) is 0 Å². The van der Waals surface area contributed by atoms with Gasteiger partial charge in [-0.25, -0.2) is 0 Å². The van der Waals surface area contributed by atoms with Crippen molar-refractivity contribution in [3.05, 3.63) is 29.8 Å². The van der Waals surface area contributed by atoms with Crippen LogP contribution in [0, 0.1) is 5.41 Å². The van der Waals surface area contributed by atoms with Gasteiger partial charge in [0.2, 0.25) is 5.91 Å². The van der Waals surface area contributed by atoms with Crippen molar-refractivity contribution in [2.24, 2.45) is 5.41 Å². The maximum absolute atomic E-state index is 12.0. The summed E-state index contributed by atoms with van der Waals surface area (Å²) in [5.41, 5.74) is 0.782. The van der Waals surface area contributed by atoms with Gasteiger partial charge in [0.1, 0.15) is 5.75 Å². The molecular weight excluding hydrogens is 268 g/mol. The van der Waals surface area contributed by atoms with E-state index in [4.69, 9.17) is 4.74 Å². The third-order valence-corrected chi connectivity index (χ3v) is 3.13. The maximum Gasteiger partial charge on any atom is 0.387 e. The lowest BCUT2D eigenvalue weighted by atomic mass is 9.89. The van der Waals surface area contributed by atoms with Crippen LogP contribution in [0.1, 0.15) is 12.5 Å². The number of hydrogen-bond acceptors (Lipinski definition) is 3. The third kappa shape index (κ3) is 4.16. The molecule has 1 fully saturated rings. The van der Waals surface area contributed by atoms with E-state index in [1.54, 1.807) is 12.1 Å². The van der Waals surface area contributed by atoms with Crippen LogP contribution >= 0.6 is 0 Å². The van der Waals surface area contributed by atoms with Crippen molar-refractivity contribution in [1.29, 1.82) is 0 Å². The van der Waals surface area contributed by atoms with Gasteiger partial charge in [0.05, 0.1) is 19.6 Å². The molecule has 0 radical (unpaired) electrons. The van der Waals surface area contributed by atoms with E-state index in [0.717, 1.165) is 5.56 Å². The van der Waals surface area contributed by atoms with E-state index < -0.39 is 6.61 Å². The zero-order valence-corrected chi connectivity index (χ0v) is 11.2. The quantitative estimate of drug-likeness (QED) is 0.869. The van der Waals surface area contributed by atoms with Crippen LogP contribution in [-0.4, -0.2) is 32.3 Å². The minimum absolute atomic E-state index is 0.0324. The van der Waals surface area contributed by atoms with Gasteiger partial charge in [0, 0.05) is 12.0 Å². The molecule has 1 heterocycles. The normalized spacial score (nSPS) is 16.6. The first kappa shape index (κ1) is 14.7. The zero-order valence-electron chi connectivity index (χ0n) is 11.2. The number of benzene rings is 1. The van der Waals surface area contributed by atoms with Crippen molar-refractivity contribution in [1.82, 2.24) is 5.32 Å². The molecule has 0 saturated carbocycles. The molecule has 1 aromatic rings. The number of halogens is 2. The predicted molar refractivity (Wildman–Crippen MR) is 68.7 cm³/mol. The number of amides is 1. The number of carbonyl (C=O) groups excluding carboxylic acids is 1.